The summed E-state index contributed by atoms with van der Waals surface area (Å²) in [5.74, 6) is 0.874. The average molecular weight is 209 g/mol. The van der Waals surface area contributed by atoms with Crippen LogP contribution in [0.15, 0.2) is 6.07 Å². The van der Waals surface area contributed by atoms with E-state index in [1.165, 1.54) is 0 Å². The molecule has 15 heavy (non-hydrogen) atoms. The third-order valence-corrected chi connectivity index (χ3v) is 2.90. The highest BCUT2D eigenvalue weighted by atomic mass is 16.5. The number of aliphatic hydroxyl groups is 1. The molecule has 1 aromatic rings. The first-order valence-electron chi connectivity index (χ1n) is 5.04. The molecule has 3 heteroatoms. The summed E-state index contributed by atoms with van der Waals surface area (Å²) in [6.07, 6.45) is 0. The first kappa shape index (κ1) is 12.0. The summed E-state index contributed by atoms with van der Waals surface area (Å²) in [6, 6.07) is 1.65. The van der Waals surface area contributed by atoms with E-state index < -0.39 is 0 Å². The van der Waals surface area contributed by atoms with Crippen molar-refractivity contribution in [1.82, 2.24) is 0 Å². The van der Waals surface area contributed by atoms with Crippen molar-refractivity contribution in [3.05, 3.63) is 28.3 Å². The molecule has 84 valence electrons. The van der Waals surface area contributed by atoms with Gasteiger partial charge in [0.05, 0.1) is 19.8 Å². The second-order valence-corrected chi connectivity index (χ2v) is 3.85. The molecule has 1 atom stereocenters. The second kappa shape index (κ2) is 4.64. The van der Waals surface area contributed by atoms with Crippen molar-refractivity contribution in [1.29, 1.82) is 0 Å². The number of rotatable bonds is 3. The molecule has 0 saturated carbocycles. The minimum absolute atomic E-state index is 0.0343. The molecule has 0 aromatic heterocycles. The van der Waals surface area contributed by atoms with Crippen LogP contribution in [0.4, 0.5) is 0 Å². The molecule has 0 spiro atoms. The first-order valence-corrected chi connectivity index (χ1v) is 5.04. The highest BCUT2D eigenvalue weighted by molar-refractivity contribution is 5.49. The van der Waals surface area contributed by atoms with Gasteiger partial charge in [0, 0.05) is 0 Å². The lowest BCUT2D eigenvalue weighted by molar-refractivity contribution is 0.267. The van der Waals surface area contributed by atoms with Crippen LogP contribution in [0, 0.1) is 20.8 Å². The van der Waals surface area contributed by atoms with Crippen molar-refractivity contribution in [2.24, 2.45) is 5.73 Å². The molecule has 0 bridgehead atoms. The van der Waals surface area contributed by atoms with Crippen molar-refractivity contribution in [3.63, 3.8) is 0 Å². The van der Waals surface area contributed by atoms with Crippen molar-refractivity contribution in [2.75, 3.05) is 13.7 Å². The van der Waals surface area contributed by atoms with Crippen LogP contribution in [0.2, 0.25) is 0 Å². The summed E-state index contributed by atoms with van der Waals surface area (Å²) in [7, 11) is 1.66. The molecule has 0 aliphatic carbocycles. The zero-order valence-corrected chi connectivity index (χ0v) is 9.79. The fourth-order valence-corrected chi connectivity index (χ4v) is 1.94. The van der Waals surface area contributed by atoms with Crippen LogP contribution in [0.1, 0.15) is 28.3 Å². The smallest absolute Gasteiger partial charge is 0.122 e. The van der Waals surface area contributed by atoms with E-state index in [-0.39, 0.29) is 12.6 Å². The molecule has 3 N–H and O–H groups in total. The Morgan fingerprint density at radius 2 is 1.93 bits per heavy atom. The van der Waals surface area contributed by atoms with Gasteiger partial charge in [-0.3, -0.25) is 0 Å². The summed E-state index contributed by atoms with van der Waals surface area (Å²) in [6.45, 7) is 5.96. The van der Waals surface area contributed by atoms with E-state index in [2.05, 4.69) is 0 Å². The van der Waals surface area contributed by atoms with Crippen LogP contribution < -0.4 is 10.5 Å². The summed E-state index contributed by atoms with van der Waals surface area (Å²) in [5, 5.41) is 9.10. The van der Waals surface area contributed by atoms with E-state index in [9.17, 15) is 0 Å². The second-order valence-electron chi connectivity index (χ2n) is 3.85. The molecule has 0 amide bonds. The van der Waals surface area contributed by atoms with E-state index in [0.717, 1.165) is 28.0 Å². The molecule has 0 heterocycles. The molecule has 1 rings (SSSR count). The van der Waals surface area contributed by atoms with Gasteiger partial charge in [0.15, 0.2) is 0 Å². The standard InChI is InChI=1S/C12H19NO2/c1-7-5-11(15-4)8(2)9(3)12(7)10(13)6-14/h5,10,14H,6,13H2,1-4H3/t10-/m0/s1. The number of ether oxygens (including phenoxy) is 1. The van der Waals surface area contributed by atoms with E-state index in [1.54, 1.807) is 7.11 Å². The summed E-state index contributed by atoms with van der Waals surface area (Å²) < 4.78 is 5.27. The Bertz CT molecular complexity index is 361. The Hall–Kier alpha value is -1.06. The maximum atomic E-state index is 9.10. The molecular formula is C12H19NO2. The fraction of sp³-hybridized carbons (Fsp3) is 0.500. The van der Waals surface area contributed by atoms with Crippen LogP contribution in [0.25, 0.3) is 0 Å². The van der Waals surface area contributed by atoms with E-state index in [1.807, 2.05) is 26.8 Å². The van der Waals surface area contributed by atoms with E-state index >= 15 is 0 Å². The van der Waals surface area contributed by atoms with Crippen LogP contribution >= 0.6 is 0 Å². The number of hydrogen-bond donors (Lipinski definition) is 2. The van der Waals surface area contributed by atoms with Crippen molar-refractivity contribution >= 4 is 0 Å². The summed E-state index contributed by atoms with van der Waals surface area (Å²) >= 11 is 0. The zero-order chi connectivity index (χ0) is 11.6. The molecule has 0 radical (unpaired) electrons. The minimum atomic E-state index is -0.311. The van der Waals surface area contributed by atoms with Gasteiger partial charge < -0.3 is 15.6 Å². The highest BCUT2D eigenvalue weighted by Crippen LogP contribution is 2.30. The van der Waals surface area contributed by atoms with Gasteiger partial charge in [-0.15, -0.1) is 0 Å². The normalized spacial score (nSPS) is 12.7. The number of benzene rings is 1. The van der Waals surface area contributed by atoms with Gasteiger partial charge in [0.1, 0.15) is 5.75 Å². The van der Waals surface area contributed by atoms with Crippen LogP contribution in [0.3, 0.4) is 0 Å². The van der Waals surface area contributed by atoms with Gasteiger partial charge in [0.2, 0.25) is 0 Å². The predicted molar refractivity (Wildman–Crippen MR) is 61.2 cm³/mol. The Balaban J connectivity index is 3.35. The highest BCUT2D eigenvalue weighted by Gasteiger charge is 2.15. The van der Waals surface area contributed by atoms with Crippen LogP contribution in [-0.4, -0.2) is 18.8 Å². The van der Waals surface area contributed by atoms with Gasteiger partial charge in [-0.1, -0.05) is 0 Å². The topological polar surface area (TPSA) is 55.5 Å². The van der Waals surface area contributed by atoms with Gasteiger partial charge in [-0.2, -0.15) is 0 Å². The number of aliphatic hydroxyl groups excluding tert-OH is 1. The summed E-state index contributed by atoms with van der Waals surface area (Å²) in [5.41, 5.74) is 10.1. The van der Waals surface area contributed by atoms with Crippen molar-refractivity contribution < 1.29 is 9.84 Å². The molecule has 3 nitrogen and oxygen atoms in total. The van der Waals surface area contributed by atoms with Gasteiger partial charge in [0.25, 0.3) is 0 Å². The van der Waals surface area contributed by atoms with Crippen molar-refractivity contribution in [3.8, 4) is 5.75 Å². The first-order chi connectivity index (χ1) is 7.02. The lowest BCUT2D eigenvalue weighted by Gasteiger charge is -2.19. The van der Waals surface area contributed by atoms with Crippen LogP contribution in [-0.2, 0) is 0 Å². The SMILES string of the molecule is COc1cc(C)c([C@@H](N)CO)c(C)c1C. The lowest BCUT2D eigenvalue weighted by Crippen LogP contribution is -2.18. The fourth-order valence-electron chi connectivity index (χ4n) is 1.94. The van der Waals surface area contributed by atoms with E-state index in [0.29, 0.717) is 0 Å². The molecule has 0 saturated heterocycles. The molecular weight excluding hydrogens is 190 g/mol. The van der Waals surface area contributed by atoms with Crippen molar-refractivity contribution in [2.45, 2.75) is 26.8 Å². The van der Waals surface area contributed by atoms with E-state index in [4.69, 9.17) is 15.6 Å². The quantitative estimate of drug-likeness (QED) is 0.795. The maximum Gasteiger partial charge on any atom is 0.122 e. The minimum Gasteiger partial charge on any atom is -0.496 e. The van der Waals surface area contributed by atoms with Gasteiger partial charge in [-0.25, -0.2) is 0 Å². The number of methoxy groups -OCH3 is 1. The van der Waals surface area contributed by atoms with Gasteiger partial charge >= 0.3 is 0 Å². The largest absolute Gasteiger partial charge is 0.496 e. The zero-order valence-electron chi connectivity index (χ0n) is 9.79. The number of hydrogen-bond acceptors (Lipinski definition) is 3. The maximum absolute atomic E-state index is 9.10. The molecule has 0 aliphatic rings. The third kappa shape index (κ3) is 2.13. The Morgan fingerprint density at radius 3 is 2.40 bits per heavy atom. The van der Waals surface area contributed by atoms with Crippen LogP contribution in [0.5, 0.6) is 5.75 Å². The average Bonchev–Trinajstić information content (AvgIpc) is 2.23. The number of aryl methyl sites for hydroxylation is 1. The molecule has 0 unspecified atom stereocenters. The number of nitrogens with two attached hydrogens (primary N) is 1. The van der Waals surface area contributed by atoms with Gasteiger partial charge in [-0.05, 0) is 49.1 Å². The predicted octanol–water partition coefficient (Wildman–Crippen LogP) is 1.61. The summed E-state index contributed by atoms with van der Waals surface area (Å²) in [4.78, 5) is 0. The molecule has 1 aromatic carbocycles. The molecule has 0 fully saturated rings. The Labute approximate surface area is 90.9 Å². The molecule has 0 aliphatic heterocycles. The third-order valence-electron chi connectivity index (χ3n) is 2.90. The monoisotopic (exact) mass is 209 g/mol. The Kier molecular flexibility index (Phi) is 3.72. The lowest BCUT2D eigenvalue weighted by atomic mass is 9.93. The Morgan fingerprint density at radius 1 is 1.33 bits per heavy atom.